The normalized spacial score (nSPS) is 14.7. The van der Waals surface area contributed by atoms with E-state index in [4.69, 9.17) is 0 Å². The molecule has 0 amide bonds. The Morgan fingerprint density at radius 1 is 1.47 bits per heavy atom. The summed E-state index contributed by atoms with van der Waals surface area (Å²) in [4.78, 5) is 12.1. The van der Waals surface area contributed by atoms with Gasteiger partial charge in [0.2, 0.25) is 0 Å². The highest BCUT2D eigenvalue weighted by Crippen LogP contribution is 2.29. The predicted octanol–water partition coefficient (Wildman–Crippen LogP) is 2.38. The van der Waals surface area contributed by atoms with Crippen molar-refractivity contribution in [2.75, 3.05) is 25.5 Å². The Bertz CT molecular complexity index is 492. The van der Waals surface area contributed by atoms with Gasteiger partial charge in [0, 0.05) is 25.2 Å². The summed E-state index contributed by atoms with van der Waals surface area (Å²) in [6.45, 7) is 0.950. The third-order valence-corrected chi connectivity index (χ3v) is 3.21. The maximum atomic E-state index is 13.6. The van der Waals surface area contributed by atoms with Crippen molar-refractivity contribution in [2.24, 2.45) is 0 Å². The third-order valence-electron chi connectivity index (χ3n) is 3.21. The van der Waals surface area contributed by atoms with Crippen molar-refractivity contribution in [1.29, 1.82) is 0 Å². The summed E-state index contributed by atoms with van der Waals surface area (Å²) in [5.74, 6) is -2.30. The highest BCUT2D eigenvalue weighted by molar-refractivity contribution is 5.62. The summed E-state index contributed by atoms with van der Waals surface area (Å²) in [6.07, 6.45) is 2.29. The first-order valence-corrected chi connectivity index (χ1v) is 6.07. The smallest absolute Gasteiger partial charge is 0.295 e. The monoisotopic (exact) mass is 271 g/mol. The first kappa shape index (κ1) is 13.7. The molecule has 5 nitrogen and oxygen atoms in total. The minimum atomic E-state index is -1.21. The van der Waals surface area contributed by atoms with Crippen molar-refractivity contribution < 1.29 is 13.7 Å². The van der Waals surface area contributed by atoms with E-state index < -0.39 is 22.2 Å². The van der Waals surface area contributed by atoms with Crippen LogP contribution in [0.15, 0.2) is 12.1 Å². The molecule has 1 aliphatic carbocycles. The third kappa shape index (κ3) is 3.17. The zero-order chi connectivity index (χ0) is 14.0. The molecule has 1 aromatic carbocycles. The van der Waals surface area contributed by atoms with Gasteiger partial charge < -0.3 is 10.2 Å². The maximum Gasteiger partial charge on any atom is 0.295 e. The van der Waals surface area contributed by atoms with E-state index in [2.05, 4.69) is 10.2 Å². The molecule has 7 heteroatoms. The second-order valence-electron chi connectivity index (χ2n) is 4.65. The van der Waals surface area contributed by atoms with Crippen LogP contribution in [0.3, 0.4) is 0 Å². The second-order valence-corrected chi connectivity index (χ2v) is 4.65. The van der Waals surface area contributed by atoms with Crippen molar-refractivity contribution in [3.8, 4) is 0 Å². The average Bonchev–Trinajstić information content (AvgIpc) is 3.18. The van der Waals surface area contributed by atoms with E-state index in [9.17, 15) is 18.9 Å². The number of nitro groups is 1. The fourth-order valence-electron chi connectivity index (χ4n) is 1.92. The molecule has 104 valence electrons. The average molecular weight is 271 g/mol. The molecule has 19 heavy (non-hydrogen) atoms. The molecule has 0 atom stereocenters. The van der Waals surface area contributed by atoms with Gasteiger partial charge >= 0.3 is 0 Å². The Hall–Kier alpha value is -1.76. The molecule has 1 aromatic rings. The molecule has 1 fully saturated rings. The SMILES string of the molecule is CN(CCNc1c([N+](=O)[O-])ccc(F)c1F)C1CC1. The highest BCUT2D eigenvalue weighted by atomic mass is 19.2. The van der Waals surface area contributed by atoms with Crippen molar-refractivity contribution in [2.45, 2.75) is 18.9 Å². The van der Waals surface area contributed by atoms with Crippen LogP contribution >= 0.6 is 0 Å². The molecule has 0 aromatic heterocycles. The van der Waals surface area contributed by atoms with Crippen LogP contribution in [0.1, 0.15) is 12.8 Å². The van der Waals surface area contributed by atoms with Crippen LogP contribution in [-0.4, -0.2) is 36.0 Å². The van der Waals surface area contributed by atoms with Crippen LogP contribution in [0.4, 0.5) is 20.2 Å². The van der Waals surface area contributed by atoms with E-state index in [0.29, 0.717) is 19.1 Å². The largest absolute Gasteiger partial charge is 0.376 e. The van der Waals surface area contributed by atoms with Crippen LogP contribution in [0.25, 0.3) is 0 Å². The molecule has 0 aliphatic heterocycles. The van der Waals surface area contributed by atoms with Crippen LogP contribution in [0, 0.1) is 21.7 Å². The Kier molecular flexibility index (Phi) is 3.94. The van der Waals surface area contributed by atoms with E-state index >= 15 is 0 Å². The molecular weight excluding hydrogens is 256 g/mol. The van der Waals surface area contributed by atoms with Gasteiger partial charge in [-0.3, -0.25) is 10.1 Å². The molecule has 2 rings (SSSR count). The Balaban J connectivity index is 2.04. The van der Waals surface area contributed by atoms with Gasteiger partial charge in [-0.15, -0.1) is 0 Å². The molecular formula is C12H15F2N3O2. The number of hydrogen-bond donors (Lipinski definition) is 1. The van der Waals surface area contributed by atoms with Crippen LogP contribution in [0.2, 0.25) is 0 Å². The van der Waals surface area contributed by atoms with E-state index in [-0.39, 0.29) is 5.69 Å². The Labute approximate surface area is 109 Å². The van der Waals surface area contributed by atoms with Crippen molar-refractivity contribution >= 4 is 11.4 Å². The summed E-state index contributed by atoms with van der Waals surface area (Å²) in [5, 5.41) is 13.4. The van der Waals surface area contributed by atoms with Crippen LogP contribution in [-0.2, 0) is 0 Å². The quantitative estimate of drug-likeness (QED) is 0.637. The molecule has 0 bridgehead atoms. The van der Waals surface area contributed by atoms with Crippen molar-refractivity contribution in [1.82, 2.24) is 4.90 Å². The second kappa shape index (κ2) is 5.48. The molecule has 0 saturated heterocycles. The highest BCUT2D eigenvalue weighted by Gasteiger charge is 2.26. The van der Waals surface area contributed by atoms with Gasteiger partial charge in [-0.25, -0.2) is 8.78 Å². The zero-order valence-corrected chi connectivity index (χ0v) is 10.5. The lowest BCUT2D eigenvalue weighted by Gasteiger charge is -2.16. The Morgan fingerprint density at radius 2 is 2.16 bits per heavy atom. The molecule has 0 spiro atoms. The lowest BCUT2D eigenvalue weighted by Crippen LogP contribution is -2.27. The molecule has 1 N–H and O–H groups in total. The van der Waals surface area contributed by atoms with Gasteiger partial charge in [-0.2, -0.15) is 0 Å². The summed E-state index contributed by atoms with van der Waals surface area (Å²) >= 11 is 0. The lowest BCUT2D eigenvalue weighted by atomic mass is 10.2. The number of nitro benzene ring substituents is 1. The van der Waals surface area contributed by atoms with Gasteiger partial charge in [0.15, 0.2) is 17.3 Å². The number of hydrogen-bond acceptors (Lipinski definition) is 4. The number of nitrogens with one attached hydrogen (secondary N) is 1. The van der Waals surface area contributed by atoms with E-state index in [0.717, 1.165) is 25.0 Å². The number of nitrogens with zero attached hydrogens (tertiary/aromatic N) is 2. The lowest BCUT2D eigenvalue weighted by molar-refractivity contribution is -0.384. The van der Waals surface area contributed by atoms with E-state index in [1.165, 1.54) is 0 Å². The van der Waals surface area contributed by atoms with E-state index in [1.54, 1.807) is 0 Å². The maximum absolute atomic E-state index is 13.6. The minimum Gasteiger partial charge on any atom is -0.376 e. The fourth-order valence-corrected chi connectivity index (χ4v) is 1.92. The molecule has 1 aliphatic rings. The van der Waals surface area contributed by atoms with Gasteiger partial charge in [-0.1, -0.05) is 0 Å². The standard InChI is InChI=1S/C12H15F2N3O2/c1-16(8-2-3-8)7-6-15-12-10(17(18)19)5-4-9(13)11(12)14/h4-5,8,15H,2-3,6-7H2,1H3. The van der Waals surface area contributed by atoms with Gasteiger partial charge in [0.25, 0.3) is 5.69 Å². The van der Waals surface area contributed by atoms with E-state index in [1.807, 2.05) is 7.05 Å². The number of anilines is 1. The van der Waals surface area contributed by atoms with Gasteiger partial charge in [0.1, 0.15) is 0 Å². The fraction of sp³-hybridized carbons (Fsp3) is 0.500. The topological polar surface area (TPSA) is 58.4 Å². The summed E-state index contributed by atoms with van der Waals surface area (Å²) in [7, 11) is 1.94. The first-order chi connectivity index (χ1) is 9.00. The number of halogens is 2. The molecule has 0 radical (unpaired) electrons. The molecule has 0 unspecified atom stereocenters. The Morgan fingerprint density at radius 3 is 2.74 bits per heavy atom. The minimum absolute atomic E-state index is 0.328. The van der Waals surface area contributed by atoms with Crippen molar-refractivity contribution in [3.63, 3.8) is 0 Å². The van der Waals surface area contributed by atoms with Gasteiger partial charge in [-0.05, 0) is 26.0 Å². The number of benzene rings is 1. The number of rotatable bonds is 6. The van der Waals surface area contributed by atoms with Crippen molar-refractivity contribution in [3.05, 3.63) is 33.9 Å². The van der Waals surface area contributed by atoms with Crippen LogP contribution < -0.4 is 5.32 Å². The predicted molar refractivity (Wildman–Crippen MR) is 67.2 cm³/mol. The first-order valence-electron chi connectivity index (χ1n) is 6.07. The number of likely N-dealkylation sites (N-methyl/N-ethyl adjacent to an activating group) is 1. The summed E-state index contributed by atoms with van der Waals surface area (Å²) < 4.78 is 26.7. The molecule has 0 heterocycles. The zero-order valence-electron chi connectivity index (χ0n) is 10.5. The summed E-state index contributed by atoms with van der Waals surface area (Å²) in [6, 6.07) is 2.27. The molecule has 1 saturated carbocycles. The van der Waals surface area contributed by atoms with Crippen LogP contribution in [0.5, 0.6) is 0 Å². The van der Waals surface area contributed by atoms with Gasteiger partial charge in [0.05, 0.1) is 4.92 Å². The summed E-state index contributed by atoms with van der Waals surface area (Å²) in [5.41, 5.74) is -0.831.